The minimum absolute atomic E-state index is 0.620. The predicted octanol–water partition coefficient (Wildman–Crippen LogP) is 0.817. The van der Waals surface area contributed by atoms with Crippen LogP contribution < -0.4 is 5.46 Å². The van der Waals surface area contributed by atoms with Crippen molar-refractivity contribution in [2.45, 2.75) is 38.9 Å². The van der Waals surface area contributed by atoms with E-state index in [-0.39, 0.29) is 0 Å². The Bertz CT molecular complexity index is 575. The highest BCUT2D eigenvalue weighted by atomic mass is 16.5. The zero-order chi connectivity index (χ0) is 14.3. The van der Waals surface area contributed by atoms with Crippen molar-refractivity contribution in [1.29, 1.82) is 0 Å². The molecule has 1 heterocycles. The van der Waals surface area contributed by atoms with Crippen LogP contribution in [0.15, 0.2) is 24.5 Å². The Morgan fingerprint density at radius 3 is 2.58 bits per heavy atom. The lowest BCUT2D eigenvalue weighted by molar-refractivity contribution is -0.0982. The quantitative estimate of drug-likeness (QED) is 0.713. The monoisotopic (exact) mass is 262 g/mol. The molecule has 0 spiro atoms. The van der Waals surface area contributed by atoms with Gasteiger partial charge < -0.3 is 19.8 Å². The molecule has 0 aliphatic heterocycles. The Morgan fingerprint density at radius 1 is 1.26 bits per heavy atom. The van der Waals surface area contributed by atoms with Crippen LogP contribution in [0.5, 0.6) is 0 Å². The topological polar surface area (TPSA) is 78.4 Å². The van der Waals surface area contributed by atoms with Gasteiger partial charge in [0.25, 0.3) is 0 Å². The summed E-state index contributed by atoms with van der Waals surface area (Å²) in [7, 11) is -1.10. The van der Waals surface area contributed by atoms with Gasteiger partial charge in [-0.25, -0.2) is 4.98 Å². The van der Waals surface area contributed by atoms with Crippen molar-refractivity contribution in [2.24, 2.45) is 0 Å². The maximum atomic E-state index is 10.1. The summed E-state index contributed by atoms with van der Waals surface area (Å²) >= 11 is 0. The molecule has 3 N–H and O–H groups in total. The van der Waals surface area contributed by atoms with Gasteiger partial charge in [0.2, 0.25) is 0 Å². The zero-order valence-corrected chi connectivity index (χ0v) is 11.6. The molecular weight excluding hydrogens is 243 g/mol. The first-order valence-corrected chi connectivity index (χ1v) is 6.22. The van der Waals surface area contributed by atoms with Crippen LogP contribution in [0.4, 0.5) is 0 Å². The van der Waals surface area contributed by atoms with E-state index < -0.39 is 18.3 Å². The number of hydrogen-bond acceptors (Lipinski definition) is 4. The van der Waals surface area contributed by atoms with Crippen LogP contribution in [0.25, 0.3) is 11.0 Å². The van der Waals surface area contributed by atoms with Crippen LogP contribution in [0.1, 0.15) is 27.7 Å². The largest absolute Gasteiger partial charge is 0.491 e. The molecule has 19 heavy (non-hydrogen) atoms. The van der Waals surface area contributed by atoms with E-state index in [0.717, 1.165) is 11.0 Å². The molecule has 0 saturated heterocycles. The number of rotatable bonds is 4. The summed E-state index contributed by atoms with van der Waals surface area (Å²) in [6, 6.07) is 5.35. The summed E-state index contributed by atoms with van der Waals surface area (Å²) in [6.07, 6.45) is 1.60. The number of imidazole rings is 1. The predicted molar refractivity (Wildman–Crippen MR) is 75.2 cm³/mol. The second-order valence-electron chi connectivity index (χ2n) is 5.72. The minimum atomic E-state index is -1.10. The number of nitrogens with zero attached hydrogens (tertiary/aromatic N) is 1. The Labute approximate surface area is 112 Å². The molecule has 0 aliphatic rings. The Balaban J connectivity index is 2.22. The normalized spacial score (nSPS) is 12.9. The van der Waals surface area contributed by atoms with E-state index in [4.69, 9.17) is 4.65 Å². The molecular formula is C13H19BN2O3. The third kappa shape index (κ3) is 2.81. The third-order valence-corrected chi connectivity index (χ3v) is 3.61. The Kier molecular flexibility index (Phi) is 3.42. The van der Waals surface area contributed by atoms with Crippen LogP contribution in [-0.2, 0) is 4.65 Å². The molecule has 0 amide bonds. The molecule has 1 aromatic carbocycles. The number of fused-ring (bicyclic) bond motifs is 1. The molecule has 0 aliphatic carbocycles. The van der Waals surface area contributed by atoms with Crippen molar-refractivity contribution in [2.75, 3.05) is 0 Å². The van der Waals surface area contributed by atoms with Gasteiger partial charge in [0.15, 0.2) is 0 Å². The van der Waals surface area contributed by atoms with Crippen LogP contribution in [0.2, 0.25) is 0 Å². The molecule has 1 aromatic heterocycles. The van der Waals surface area contributed by atoms with E-state index in [9.17, 15) is 10.1 Å². The van der Waals surface area contributed by atoms with Crippen molar-refractivity contribution < 1.29 is 14.8 Å². The third-order valence-electron chi connectivity index (χ3n) is 3.61. The average molecular weight is 262 g/mol. The van der Waals surface area contributed by atoms with Crippen molar-refractivity contribution in [1.82, 2.24) is 9.97 Å². The van der Waals surface area contributed by atoms with Crippen molar-refractivity contribution in [3.05, 3.63) is 24.5 Å². The molecule has 2 aromatic rings. The van der Waals surface area contributed by atoms with Crippen molar-refractivity contribution in [3.8, 4) is 0 Å². The van der Waals surface area contributed by atoms with E-state index in [1.807, 2.05) is 6.07 Å². The van der Waals surface area contributed by atoms with Gasteiger partial charge in [-0.2, -0.15) is 0 Å². The van der Waals surface area contributed by atoms with E-state index in [2.05, 4.69) is 9.97 Å². The van der Waals surface area contributed by atoms with Crippen LogP contribution >= 0.6 is 0 Å². The number of nitrogens with one attached hydrogen (secondary N) is 1. The van der Waals surface area contributed by atoms with Gasteiger partial charge in [-0.05, 0) is 45.3 Å². The first kappa shape index (κ1) is 14.1. The molecule has 0 saturated carbocycles. The van der Waals surface area contributed by atoms with Gasteiger partial charge in [-0.15, -0.1) is 0 Å². The number of hydrogen-bond donors (Lipinski definition) is 3. The van der Waals surface area contributed by atoms with Crippen molar-refractivity contribution in [3.63, 3.8) is 0 Å². The van der Waals surface area contributed by atoms with Gasteiger partial charge in [0.1, 0.15) is 0 Å². The van der Waals surface area contributed by atoms with Crippen LogP contribution in [0, 0.1) is 0 Å². The van der Waals surface area contributed by atoms with E-state index in [1.165, 1.54) is 0 Å². The molecule has 2 rings (SSSR count). The highest BCUT2D eigenvalue weighted by Gasteiger charge is 2.39. The standard InChI is InChI=1S/C13H19BN2O3/c1-12(2,17)13(3,4)19-14(18)9-5-6-10-11(7-9)16-8-15-10/h5-8,17-18H,1-4H3,(H,15,16). The second-order valence-corrected chi connectivity index (χ2v) is 5.72. The summed E-state index contributed by atoms with van der Waals surface area (Å²) in [5.41, 5.74) is 0.342. The lowest BCUT2D eigenvalue weighted by atomic mass is 9.76. The maximum absolute atomic E-state index is 10.1. The zero-order valence-electron chi connectivity index (χ0n) is 11.6. The van der Waals surface area contributed by atoms with Gasteiger partial charge in [0.05, 0.1) is 28.6 Å². The average Bonchev–Trinajstić information content (AvgIpc) is 2.73. The van der Waals surface area contributed by atoms with Gasteiger partial charge >= 0.3 is 7.12 Å². The lowest BCUT2D eigenvalue weighted by Gasteiger charge is -2.38. The fraction of sp³-hybridized carbons (Fsp3) is 0.462. The molecule has 0 unspecified atom stereocenters. The number of aromatic amines is 1. The molecule has 0 fully saturated rings. The van der Waals surface area contributed by atoms with Gasteiger partial charge in [0, 0.05) is 0 Å². The first-order chi connectivity index (χ1) is 8.71. The van der Waals surface area contributed by atoms with E-state index in [1.54, 1.807) is 46.2 Å². The summed E-state index contributed by atoms with van der Waals surface area (Å²) in [5, 5.41) is 20.2. The summed E-state index contributed by atoms with van der Waals surface area (Å²) < 4.78 is 5.59. The van der Waals surface area contributed by atoms with Crippen LogP contribution in [0.3, 0.4) is 0 Å². The van der Waals surface area contributed by atoms with Gasteiger partial charge in [-0.3, -0.25) is 0 Å². The minimum Gasteiger partial charge on any atom is -0.423 e. The molecule has 0 atom stereocenters. The number of H-pyrrole nitrogens is 1. The fourth-order valence-corrected chi connectivity index (χ4v) is 1.60. The Morgan fingerprint density at radius 2 is 1.95 bits per heavy atom. The SMILES string of the molecule is CC(C)(O)C(C)(C)OB(O)c1ccc2nc[nH]c2c1. The smallest absolute Gasteiger partial charge is 0.423 e. The number of benzene rings is 1. The van der Waals surface area contributed by atoms with Gasteiger partial charge in [-0.1, -0.05) is 6.07 Å². The molecule has 5 nitrogen and oxygen atoms in total. The maximum Gasteiger partial charge on any atom is 0.491 e. The summed E-state index contributed by atoms with van der Waals surface area (Å²) in [4.78, 5) is 7.10. The fourth-order valence-electron chi connectivity index (χ4n) is 1.60. The first-order valence-electron chi connectivity index (χ1n) is 6.22. The number of aromatic nitrogens is 2. The Hall–Kier alpha value is -1.37. The molecule has 0 radical (unpaired) electrons. The molecule has 6 heteroatoms. The summed E-state index contributed by atoms with van der Waals surface area (Å²) in [5.74, 6) is 0. The second kappa shape index (κ2) is 4.63. The summed E-state index contributed by atoms with van der Waals surface area (Å²) in [6.45, 7) is 6.78. The van der Waals surface area contributed by atoms with E-state index >= 15 is 0 Å². The highest BCUT2D eigenvalue weighted by molar-refractivity contribution is 6.60. The molecule has 0 bridgehead atoms. The number of aliphatic hydroxyl groups is 1. The van der Waals surface area contributed by atoms with E-state index in [0.29, 0.717) is 5.46 Å². The molecule has 102 valence electrons. The van der Waals surface area contributed by atoms with Crippen LogP contribution in [-0.4, -0.2) is 38.4 Å². The lowest BCUT2D eigenvalue weighted by Crippen LogP contribution is -2.53. The van der Waals surface area contributed by atoms with Crippen molar-refractivity contribution >= 4 is 23.6 Å². The highest BCUT2D eigenvalue weighted by Crippen LogP contribution is 2.25.